The van der Waals surface area contributed by atoms with Crippen molar-refractivity contribution in [2.45, 2.75) is 26.3 Å². The quantitative estimate of drug-likeness (QED) is 0.688. The van der Waals surface area contributed by atoms with Gasteiger partial charge in [-0.1, -0.05) is 0 Å². The van der Waals surface area contributed by atoms with Crippen LogP contribution in [0.4, 0.5) is 5.95 Å². The van der Waals surface area contributed by atoms with E-state index in [9.17, 15) is 0 Å². The van der Waals surface area contributed by atoms with Crippen molar-refractivity contribution in [3.8, 4) is 0 Å². The fourth-order valence-corrected chi connectivity index (χ4v) is 1.66. The van der Waals surface area contributed by atoms with E-state index in [1.807, 2.05) is 10.6 Å². The minimum absolute atomic E-state index is 0.0554. The van der Waals surface area contributed by atoms with Gasteiger partial charge in [-0.3, -0.25) is 4.98 Å². The van der Waals surface area contributed by atoms with Crippen LogP contribution in [0.1, 0.15) is 20.8 Å². The molecule has 0 aliphatic carbocycles. The van der Waals surface area contributed by atoms with Crippen LogP contribution in [-0.4, -0.2) is 14.5 Å². The van der Waals surface area contributed by atoms with Crippen molar-refractivity contribution in [2.75, 3.05) is 5.73 Å². The number of hydrogen-bond donors (Lipinski definition) is 1. The van der Waals surface area contributed by atoms with E-state index in [2.05, 4.69) is 30.7 Å². The van der Waals surface area contributed by atoms with Crippen LogP contribution in [0.3, 0.4) is 0 Å². The summed E-state index contributed by atoms with van der Waals surface area (Å²) in [6, 6.07) is 1.93. The molecule has 14 heavy (non-hydrogen) atoms. The molecular formula is C10H14N4. The number of imidazole rings is 1. The minimum atomic E-state index is -0.0554. The Balaban J connectivity index is 2.81. The second-order valence-corrected chi connectivity index (χ2v) is 4.34. The number of aromatic nitrogens is 3. The Labute approximate surface area is 82.8 Å². The highest BCUT2D eigenvalue weighted by Gasteiger charge is 2.19. The van der Waals surface area contributed by atoms with Crippen LogP contribution in [0, 0.1) is 0 Å². The van der Waals surface area contributed by atoms with Crippen molar-refractivity contribution >= 4 is 17.0 Å². The maximum atomic E-state index is 5.86. The molecule has 4 heteroatoms. The highest BCUT2D eigenvalue weighted by molar-refractivity contribution is 5.77. The molecule has 0 unspecified atom stereocenters. The van der Waals surface area contributed by atoms with Gasteiger partial charge in [0.2, 0.25) is 5.95 Å². The molecule has 4 nitrogen and oxygen atoms in total. The van der Waals surface area contributed by atoms with E-state index in [0.29, 0.717) is 5.95 Å². The van der Waals surface area contributed by atoms with E-state index < -0.39 is 0 Å². The molecule has 0 atom stereocenters. The first kappa shape index (κ1) is 8.99. The largest absolute Gasteiger partial charge is 0.369 e. The zero-order valence-corrected chi connectivity index (χ0v) is 8.65. The smallest absolute Gasteiger partial charge is 0.201 e. The molecule has 0 bridgehead atoms. The Morgan fingerprint density at radius 1 is 1.36 bits per heavy atom. The highest BCUT2D eigenvalue weighted by atomic mass is 15.2. The van der Waals surface area contributed by atoms with Gasteiger partial charge >= 0.3 is 0 Å². The lowest BCUT2D eigenvalue weighted by Crippen LogP contribution is -2.23. The molecule has 0 aliphatic heterocycles. The first-order chi connectivity index (χ1) is 6.50. The van der Waals surface area contributed by atoms with Crippen LogP contribution in [0.5, 0.6) is 0 Å². The third-order valence-electron chi connectivity index (χ3n) is 2.15. The van der Waals surface area contributed by atoms with Crippen LogP contribution >= 0.6 is 0 Å². The molecule has 0 aliphatic rings. The van der Waals surface area contributed by atoms with E-state index in [0.717, 1.165) is 11.0 Å². The summed E-state index contributed by atoms with van der Waals surface area (Å²) in [5.74, 6) is 0.542. The first-order valence-corrected chi connectivity index (χ1v) is 4.58. The molecule has 0 amide bonds. The van der Waals surface area contributed by atoms with Gasteiger partial charge < -0.3 is 10.3 Å². The van der Waals surface area contributed by atoms with Crippen molar-refractivity contribution in [1.82, 2.24) is 14.5 Å². The van der Waals surface area contributed by atoms with Crippen molar-refractivity contribution in [1.29, 1.82) is 0 Å². The normalized spacial score (nSPS) is 12.2. The molecule has 2 rings (SSSR count). The molecule has 0 saturated heterocycles. The molecule has 0 spiro atoms. The maximum absolute atomic E-state index is 5.86. The van der Waals surface area contributed by atoms with Gasteiger partial charge in [0.25, 0.3) is 0 Å². The van der Waals surface area contributed by atoms with Gasteiger partial charge in [0.1, 0.15) is 5.52 Å². The molecule has 0 fully saturated rings. The van der Waals surface area contributed by atoms with Crippen molar-refractivity contribution in [2.24, 2.45) is 0 Å². The second kappa shape index (κ2) is 2.70. The van der Waals surface area contributed by atoms with Gasteiger partial charge in [0.15, 0.2) is 0 Å². The molecule has 2 aromatic rings. The van der Waals surface area contributed by atoms with E-state index in [1.165, 1.54) is 0 Å². The summed E-state index contributed by atoms with van der Waals surface area (Å²) in [7, 11) is 0. The summed E-state index contributed by atoms with van der Waals surface area (Å²) in [6.45, 7) is 6.31. The highest BCUT2D eigenvalue weighted by Crippen LogP contribution is 2.25. The number of anilines is 1. The molecule has 0 saturated carbocycles. The van der Waals surface area contributed by atoms with E-state index >= 15 is 0 Å². The van der Waals surface area contributed by atoms with E-state index in [1.54, 1.807) is 12.4 Å². The Morgan fingerprint density at radius 3 is 2.71 bits per heavy atom. The topological polar surface area (TPSA) is 56.7 Å². The van der Waals surface area contributed by atoms with Gasteiger partial charge in [-0.2, -0.15) is 0 Å². The molecule has 2 N–H and O–H groups in total. The SMILES string of the molecule is CC(C)(C)n1c(N)nc2cnccc21. The third-order valence-corrected chi connectivity index (χ3v) is 2.15. The Kier molecular flexibility index (Phi) is 1.74. The third kappa shape index (κ3) is 1.23. The van der Waals surface area contributed by atoms with Crippen LogP contribution < -0.4 is 5.73 Å². The average molecular weight is 190 g/mol. The van der Waals surface area contributed by atoms with Gasteiger partial charge in [0, 0.05) is 11.7 Å². The zero-order valence-electron chi connectivity index (χ0n) is 8.65. The molecule has 0 aromatic carbocycles. The lowest BCUT2D eigenvalue weighted by molar-refractivity contribution is 0.414. The van der Waals surface area contributed by atoms with Crippen LogP contribution in [-0.2, 0) is 5.54 Å². The van der Waals surface area contributed by atoms with Gasteiger partial charge in [0.05, 0.1) is 11.7 Å². The van der Waals surface area contributed by atoms with Crippen LogP contribution in [0.2, 0.25) is 0 Å². The second-order valence-electron chi connectivity index (χ2n) is 4.34. The standard InChI is InChI=1S/C10H14N4/c1-10(2,3)14-8-4-5-12-6-7(8)13-9(14)11/h4-6H,1-3H3,(H2,11,13). The summed E-state index contributed by atoms with van der Waals surface area (Å²) in [4.78, 5) is 8.28. The van der Waals surface area contributed by atoms with Gasteiger partial charge in [-0.25, -0.2) is 4.98 Å². The number of nitrogens with two attached hydrogens (primary N) is 1. The predicted molar refractivity (Wildman–Crippen MR) is 56.9 cm³/mol. The number of nitrogen functional groups attached to an aromatic ring is 1. The van der Waals surface area contributed by atoms with Crippen molar-refractivity contribution in [3.63, 3.8) is 0 Å². The van der Waals surface area contributed by atoms with Crippen LogP contribution in [0.25, 0.3) is 11.0 Å². The lowest BCUT2D eigenvalue weighted by Gasteiger charge is -2.22. The fraction of sp³-hybridized carbons (Fsp3) is 0.400. The maximum Gasteiger partial charge on any atom is 0.201 e. The average Bonchev–Trinajstić information content (AvgIpc) is 2.38. The molecule has 74 valence electrons. The summed E-state index contributed by atoms with van der Waals surface area (Å²) < 4.78 is 2.02. The molecule has 2 heterocycles. The van der Waals surface area contributed by atoms with E-state index in [-0.39, 0.29) is 5.54 Å². The summed E-state index contributed by atoms with van der Waals surface area (Å²) in [5.41, 5.74) is 7.69. The minimum Gasteiger partial charge on any atom is -0.369 e. The predicted octanol–water partition coefficient (Wildman–Crippen LogP) is 1.77. The lowest BCUT2D eigenvalue weighted by atomic mass is 10.1. The summed E-state index contributed by atoms with van der Waals surface area (Å²) in [6.07, 6.45) is 3.49. The summed E-state index contributed by atoms with van der Waals surface area (Å²) >= 11 is 0. The van der Waals surface area contributed by atoms with Crippen molar-refractivity contribution < 1.29 is 0 Å². The van der Waals surface area contributed by atoms with Crippen molar-refractivity contribution in [3.05, 3.63) is 18.5 Å². The monoisotopic (exact) mass is 190 g/mol. The molecular weight excluding hydrogens is 176 g/mol. The molecule has 0 radical (unpaired) electrons. The Morgan fingerprint density at radius 2 is 2.07 bits per heavy atom. The summed E-state index contributed by atoms with van der Waals surface area (Å²) in [5, 5.41) is 0. The number of hydrogen-bond acceptors (Lipinski definition) is 3. The fourth-order valence-electron chi connectivity index (χ4n) is 1.66. The first-order valence-electron chi connectivity index (χ1n) is 4.58. The van der Waals surface area contributed by atoms with Gasteiger partial charge in [-0.15, -0.1) is 0 Å². The number of nitrogens with zero attached hydrogens (tertiary/aromatic N) is 3. The van der Waals surface area contributed by atoms with Crippen LogP contribution in [0.15, 0.2) is 18.5 Å². The Bertz CT molecular complexity index is 464. The van der Waals surface area contributed by atoms with Gasteiger partial charge in [-0.05, 0) is 26.8 Å². The van der Waals surface area contributed by atoms with E-state index in [4.69, 9.17) is 5.73 Å². The Hall–Kier alpha value is -1.58. The number of rotatable bonds is 0. The number of fused-ring (bicyclic) bond motifs is 1. The number of pyridine rings is 1. The molecule has 2 aromatic heterocycles. The zero-order chi connectivity index (χ0) is 10.3.